The van der Waals surface area contributed by atoms with Gasteiger partial charge in [-0.1, -0.05) is 6.92 Å². The molecule has 0 amide bonds. The Morgan fingerprint density at radius 2 is 1.88 bits per heavy atom. The summed E-state index contributed by atoms with van der Waals surface area (Å²) in [6.07, 6.45) is 1.19. The third-order valence-corrected chi connectivity index (χ3v) is 2.67. The molecule has 1 unspecified atom stereocenters. The second-order valence-corrected chi connectivity index (χ2v) is 4.19. The van der Waals surface area contributed by atoms with Crippen molar-refractivity contribution in [1.82, 2.24) is 0 Å². The Labute approximate surface area is 97.1 Å². The van der Waals surface area contributed by atoms with Gasteiger partial charge in [-0.05, 0) is 50.5 Å². The summed E-state index contributed by atoms with van der Waals surface area (Å²) in [5, 5.41) is 7.41. The van der Waals surface area contributed by atoms with Gasteiger partial charge in [0.1, 0.15) is 11.6 Å². The number of ether oxygens (including phenoxy) is 1. The van der Waals surface area contributed by atoms with Gasteiger partial charge in [-0.2, -0.15) is 0 Å². The van der Waals surface area contributed by atoms with Crippen molar-refractivity contribution in [3.8, 4) is 5.75 Å². The van der Waals surface area contributed by atoms with Crippen molar-refractivity contribution in [2.24, 2.45) is 5.73 Å². The van der Waals surface area contributed by atoms with Crippen molar-refractivity contribution in [2.45, 2.75) is 40.2 Å². The quantitative estimate of drug-likeness (QED) is 0.605. The van der Waals surface area contributed by atoms with Gasteiger partial charge in [0.05, 0.1) is 6.10 Å². The fourth-order valence-corrected chi connectivity index (χ4v) is 1.58. The third kappa shape index (κ3) is 2.75. The number of hydrogen-bond donors (Lipinski definition) is 2. The molecule has 0 fully saturated rings. The minimum absolute atomic E-state index is 0.0984. The first-order valence-corrected chi connectivity index (χ1v) is 5.58. The van der Waals surface area contributed by atoms with E-state index in [1.165, 1.54) is 0 Å². The smallest absolute Gasteiger partial charge is 0.125 e. The first kappa shape index (κ1) is 12.6. The summed E-state index contributed by atoms with van der Waals surface area (Å²) in [5.74, 6) is 1.01. The summed E-state index contributed by atoms with van der Waals surface area (Å²) in [6.45, 7) is 8.12. The predicted molar refractivity (Wildman–Crippen MR) is 67.3 cm³/mol. The summed E-state index contributed by atoms with van der Waals surface area (Å²) in [5.41, 5.74) is 8.29. The minimum atomic E-state index is 0.0984. The van der Waals surface area contributed by atoms with Crippen LogP contribution in [0.25, 0.3) is 0 Å². The minimum Gasteiger partial charge on any atom is -0.490 e. The van der Waals surface area contributed by atoms with E-state index in [0.29, 0.717) is 0 Å². The third-order valence-electron chi connectivity index (χ3n) is 2.67. The first-order chi connectivity index (χ1) is 7.45. The molecule has 3 N–H and O–H groups in total. The summed E-state index contributed by atoms with van der Waals surface area (Å²) in [4.78, 5) is 0. The number of aryl methyl sites for hydroxylation is 2. The van der Waals surface area contributed by atoms with E-state index in [1.807, 2.05) is 26.0 Å². The van der Waals surface area contributed by atoms with E-state index in [4.69, 9.17) is 15.9 Å². The number of hydrogen-bond acceptors (Lipinski definition) is 2. The lowest BCUT2D eigenvalue weighted by molar-refractivity contribution is 0.214. The summed E-state index contributed by atoms with van der Waals surface area (Å²) in [6, 6.07) is 3.79. The van der Waals surface area contributed by atoms with Crippen molar-refractivity contribution in [1.29, 1.82) is 5.41 Å². The van der Waals surface area contributed by atoms with Gasteiger partial charge < -0.3 is 10.5 Å². The maximum atomic E-state index is 7.41. The van der Waals surface area contributed by atoms with Crippen molar-refractivity contribution in [3.63, 3.8) is 0 Å². The zero-order chi connectivity index (χ0) is 12.3. The second-order valence-electron chi connectivity index (χ2n) is 4.19. The van der Waals surface area contributed by atoms with Crippen molar-refractivity contribution >= 4 is 5.84 Å². The van der Waals surface area contributed by atoms with E-state index in [0.717, 1.165) is 28.9 Å². The normalized spacial score (nSPS) is 12.2. The van der Waals surface area contributed by atoms with Gasteiger partial charge in [-0.15, -0.1) is 0 Å². The van der Waals surface area contributed by atoms with Crippen LogP contribution in [-0.2, 0) is 0 Å². The Bertz CT molecular complexity index is 376. The first-order valence-electron chi connectivity index (χ1n) is 5.58. The lowest BCUT2D eigenvalue weighted by atomic mass is 10.0. The Kier molecular flexibility index (Phi) is 3.93. The maximum absolute atomic E-state index is 7.41. The fourth-order valence-electron chi connectivity index (χ4n) is 1.58. The van der Waals surface area contributed by atoms with E-state index < -0.39 is 0 Å². The maximum Gasteiger partial charge on any atom is 0.125 e. The van der Waals surface area contributed by atoms with Crippen LogP contribution in [0.5, 0.6) is 5.75 Å². The molecule has 0 aliphatic rings. The van der Waals surface area contributed by atoms with Crippen LogP contribution in [-0.4, -0.2) is 11.9 Å². The highest BCUT2D eigenvalue weighted by Gasteiger charge is 2.10. The second kappa shape index (κ2) is 5.01. The molecule has 0 aromatic heterocycles. The number of nitrogen functional groups attached to an aromatic ring is 1. The molecule has 0 bridgehead atoms. The molecule has 16 heavy (non-hydrogen) atoms. The molecular formula is C13H20N2O. The highest BCUT2D eigenvalue weighted by molar-refractivity contribution is 5.95. The molecule has 3 heteroatoms. The zero-order valence-corrected chi connectivity index (χ0v) is 10.4. The van der Waals surface area contributed by atoms with E-state index >= 15 is 0 Å². The van der Waals surface area contributed by atoms with Gasteiger partial charge >= 0.3 is 0 Å². The van der Waals surface area contributed by atoms with Crippen molar-refractivity contribution in [3.05, 3.63) is 28.8 Å². The van der Waals surface area contributed by atoms with Gasteiger partial charge in [0.2, 0.25) is 0 Å². The molecular weight excluding hydrogens is 200 g/mol. The van der Waals surface area contributed by atoms with Gasteiger partial charge in [0.15, 0.2) is 0 Å². The summed E-state index contributed by atoms with van der Waals surface area (Å²) >= 11 is 0. The van der Waals surface area contributed by atoms with Crippen LogP contribution in [0.4, 0.5) is 0 Å². The Morgan fingerprint density at radius 1 is 1.38 bits per heavy atom. The van der Waals surface area contributed by atoms with Crippen LogP contribution >= 0.6 is 0 Å². The van der Waals surface area contributed by atoms with Crippen molar-refractivity contribution in [2.75, 3.05) is 0 Å². The predicted octanol–water partition coefficient (Wildman–Crippen LogP) is 2.76. The Hall–Kier alpha value is -1.51. The number of nitrogens with two attached hydrogens (primary N) is 1. The molecule has 0 saturated carbocycles. The molecule has 0 aliphatic heterocycles. The van der Waals surface area contributed by atoms with Crippen LogP contribution in [0.15, 0.2) is 12.1 Å². The standard InChI is InChI=1S/C13H20N2O/c1-5-10(4)16-12-8(2)6-11(13(14)15)7-9(12)3/h6-7,10H,5H2,1-4H3,(H3,14,15). The average Bonchev–Trinajstić information content (AvgIpc) is 2.22. The number of rotatable bonds is 4. The Morgan fingerprint density at radius 3 is 2.25 bits per heavy atom. The number of nitrogens with one attached hydrogen (secondary N) is 1. The molecule has 0 spiro atoms. The van der Waals surface area contributed by atoms with Gasteiger partial charge in [0.25, 0.3) is 0 Å². The van der Waals surface area contributed by atoms with Crippen LogP contribution < -0.4 is 10.5 Å². The highest BCUT2D eigenvalue weighted by Crippen LogP contribution is 2.26. The van der Waals surface area contributed by atoms with E-state index in [1.54, 1.807) is 0 Å². The van der Waals surface area contributed by atoms with E-state index in [-0.39, 0.29) is 11.9 Å². The largest absolute Gasteiger partial charge is 0.490 e. The Balaban J connectivity index is 3.07. The molecule has 1 atom stereocenters. The molecule has 1 aromatic rings. The molecule has 1 aromatic carbocycles. The highest BCUT2D eigenvalue weighted by atomic mass is 16.5. The summed E-state index contributed by atoms with van der Waals surface area (Å²) < 4.78 is 5.85. The van der Waals surface area contributed by atoms with Crippen LogP contribution in [0, 0.1) is 19.3 Å². The fraction of sp³-hybridized carbons (Fsp3) is 0.462. The molecule has 1 rings (SSSR count). The van der Waals surface area contributed by atoms with Crippen LogP contribution in [0.3, 0.4) is 0 Å². The average molecular weight is 220 g/mol. The van der Waals surface area contributed by atoms with Gasteiger partial charge in [-0.25, -0.2) is 0 Å². The van der Waals surface area contributed by atoms with E-state index in [9.17, 15) is 0 Å². The number of amidine groups is 1. The lowest BCUT2D eigenvalue weighted by Gasteiger charge is -2.18. The molecule has 0 radical (unpaired) electrons. The van der Waals surface area contributed by atoms with E-state index in [2.05, 4.69) is 13.8 Å². The van der Waals surface area contributed by atoms with Crippen molar-refractivity contribution < 1.29 is 4.74 Å². The summed E-state index contributed by atoms with van der Waals surface area (Å²) in [7, 11) is 0. The monoisotopic (exact) mass is 220 g/mol. The lowest BCUT2D eigenvalue weighted by Crippen LogP contribution is -2.14. The number of benzene rings is 1. The molecule has 3 nitrogen and oxygen atoms in total. The van der Waals surface area contributed by atoms with Crippen LogP contribution in [0.2, 0.25) is 0 Å². The van der Waals surface area contributed by atoms with Crippen LogP contribution in [0.1, 0.15) is 37.0 Å². The topological polar surface area (TPSA) is 59.1 Å². The molecule has 88 valence electrons. The molecule has 0 heterocycles. The van der Waals surface area contributed by atoms with Gasteiger partial charge in [-0.3, -0.25) is 5.41 Å². The van der Waals surface area contributed by atoms with Gasteiger partial charge in [0, 0.05) is 5.56 Å². The molecule has 0 saturated heterocycles. The zero-order valence-electron chi connectivity index (χ0n) is 10.4. The SMILES string of the molecule is CCC(C)Oc1c(C)cc(C(=N)N)cc1C. The molecule has 0 aliphatic carbocycles.